The van der Waals surface area contributed by atoms with Gasteiger partial charge < -0.3 is 9.47 Å². The summed E-state index contributed by atoms with van der Waals surface area (Å²) >= 11 is 6.12. The highest BCUT2D eigenvalue weighted by Crippen LogP contribution is 2.29. The van der Waals surface area contributed by atoms with Crippen molar-refractivity contribution in [2.45, 2.75) is 26.7 Å². The van der Waals surface area contributed by atoms with E-state index in [4.69, 9.17) is 21.1 Å². The van der Waals surface area contributed by atoms with E-state index >= 15 is 0 Å². The Balaban J connectivity index is 1.95. The van der Waals surface area contributed by atoms with E-state index in [9.17, 15) is 4.79 Å². The Labute approximate surface area is 135 Å². The molecule has 2 aromatic rings. The van der Waals surface area contributed by atoms with Gasteiger partial charge in [0.25, 0.3) is 0 Å². The topological polar surface area (TPSA) is 48.4 Å². The zero-order valence-electron chi connectivity index (χ0n) is 12.8. The molecule has 5 heteroatoms. The van der Waals surface area contributed by atoms with E-state index in [1.54, 1.807) is 24.4 Å². The monoisotopic (exact) mass is 321 g/mol. The summed E-state index contributed by atoms with van der Waals surface area (Å²) in [6.45, 7) is 4.47. The molecule has 0 aliphatic rings. The molecule has 0 radical (unpaired) electrons. The Bertz CT molecular complexity index is 645. The maximum Gasteiger partial charge on any atom is 0.344 e. The van der Waals surface area contributed by atoms with E-state index in [1.807, 2.05) is 6.07 Å². The van der Waals surface area contributed by atoms with Crippen molar-refractivity contribution in [1.82, 2.24) is 4.98 Å². The number of fused-ring (bicyclic) bond motifs is 1. The second-order valence-corrected chi connectivity index (χ2v) is 5.72. The number of esters is 1. The minimum Gasteiger partial charge on any atom is -0.480 e. The fourth-order valence-corrected chi connectivity index (χ4v) is 2.43. The van der Waals surface area contributed by atoms with Crippen molar-refractivity contribution in [3.63, 3.8) is 0 Å². The molecule has 4 nitrogen and oxygen atoms in total. The largest absolute Gasteiger partial charge is 0.480 e. The Hall–Kier alpha value is -1.81. The number of carbonyl (C=O) groups is 1. The van der Waals surface area contributed by atoms with Gasteiger partial charge in [0.15, 0.2) is 6.61 Å². The first kappa shape index (κ1) is 16.6. The van der Waals surface area contributed by atoms with Crippen LogP contribution in [0.2, 0.25) is 5.02 Å². The number of hydrogen-bond donors (Lipinski definition) is 0. The molecular formula is C17H20ClNO3. The summed E-state index contributed by atoms with van der Waals surface area (Å²) in [4.78, 5) is 16.0. The first-order chi connectivity index (χ1) is 10.6. The number of hydrogen-bond acceptors (Lipinski definition) is 4. The van der Waals surface area contributed by atoms with Crippen LogP contribution in [-0.2, 0) is 9.53 Å². The normalized spacial score (nSPS) is 12.1. The summed E-state index contributed by atoms with van der Waals surface area (Å²) in [6.07, 6.45) is 3.79. The number of ether oxygens (including phenoxy) is 2. The van der Waals surface area contributed by atoms with Gasteiger partial charge in [-0.3, -0.25) is 4.98 Å². The molecule has 1 atom stereocenters. The van der Waals surface area contributed by atoms with Crippen LogP contribution in [0.5, 0.6) is 5.75 Å². The molecule has 0 saturated heterocycles. The van der Waals surface area contributed by atoms with Gasteiger partial charge in [0.05, 0.1) is 11.6 Å². The van der Waals surface area contributed by atoms with E-state index in [2.05, 4.69) is 18.8 Å². The van der Waals surface area contributed by atoms with Crippen molar-refractivity contribution in [2.24, 2.45) is 5.92 Å². The quantitative estimate of drug-likeness (QED) is 0.715. The molecule has 1 aromatic heterocycles. The Morgan fingerprint density at radius 3 is 2.95 bits per heavy atom. The van der Waals surface area contributed by atoms with Gasteiger partial charge >= 0.3 is 5.97 Å². The van der Waals surface area contributed by atoms with Gasteiger partial charge in [0, 0.05) is 11.6 Å². The van der Waals surface area contributed by atoms with Gasteiger partial charge in [-0.15, -0.1) is 0 Å². The minimum atomic E-state index is -0.373. The number of benzene rings is 1. The van der Waals surface area contributed by atoms with Gasteiger partial charge in [0.2, 0.25) is 0 Å². The van der Waals surface area contributed by atoms with Crippen LogP contribution < -0.4 is 4.74 Å². The van der Waals surface area contributed by atoms with Gasteiger partial charge in [-0.1, -0.05) is 31.9 Å². The van der Waals surface area contributed by atoms with Crippen LogP contribution in [0.25, 0.3) is 10.9 Å². The van der Waals surface area contributed by atoms with Crippen molar-refractivity contribution in [3.8, 4) is 5.75 Å². The Kier molecular flexibility index (Phi) is 6.01. The van der Waals surface area contributed by atoms with Crippen LogP contribution in [0.4, 0.5) is 0 Å². The number of rotatable bonds is 7. The van der Waals surface area contributed by atoms with Crippen molar-refractivity contribution in [3.05, 3.63) is 35.5 Å². The number of carbonyl (C=O) groups excluding carboxylic acids is 1. The van der Waals surface area contributed by atoms with Crippen LogP contribution in [0.15, 0.2) is 30.5 Å². The SMILES string of the molecule is CCCC(C)COC(=O)COc1ccc(Cl)c2cccnc12. The molecule has 1 heterocycles. The number of halogens is 1. The third-order valence-corrected chi connectivity index (χ3v) is 3.66. The number of aromatic nitrogens is 1. The molecule has 0 spiro atoms. The molecule has 2 rings (SSSR count). The van der Waals surface area contributed by atoms with Gasteiger partial charge in [-0.05, 0) is 36.6 Å². The average molecular weight is 322 g/mol. The van der Waals surface area contributed by atoms with E-state index in [1.165, 1.54) is 0 Å². The van der Waals surface area contributed by atoms with E-state index in [-0.39, 0.29) is 12.6 Å². The molecular weight excluding hydrogens is 302 g/mol. The fourth-order valence-electron chi connectivity index (χ4n) is 2.22. The lowest BCUT2D eigenvalue weighted by Crippen LogP contribution is -2.18. The maximum absolute atomic E-state index is 11.7. The van der Waals surface area contributed by atoms with Crippen molar-refractivity contribution in [2.75, 3.05) is 13.2 Å². The summed E-state index contributed by atoms with van der Waals surface area (Å²) in [5.74, 6) is 0.521. The van der Waals surface area contributed by atoms with E-state index in [0.29, 0.717) is 28.8 Å². The number of pyridine rings is 1. The minimum absolute atomic E-state index is 0.133. The van der Waals surface area contributed by atoms with Crippen molar-refractivity contribution >= 4 is 28.5 Å². The predicted octanol–water partition coefficient (Wildman–Crippen LogP) is 4.25. The third kappa shape index (κ3) is 4.34. The summed E-state index contributed by atoms with van der Waals surface area (Å²) < 4.78 is 10.7. The van der Waals surface area contributed by atoms with E-state index in [0.717, 1.165) is 18.2 Å². The molecule has 1 unspecified atom stereocenters. The summed E-state index contributed by atoms with van der Waals surface area (Å²) in [5, 5.41) is 1.40. The predicted molar refractivity (Wildman–Crippen MR) is 87.3 cm³/mol. The van der Waals surface area contributed by atoms with Gasteiger partial charge in [-0.25, -0.2) is 4.79 Å². The first-order valence-corrected chi connectivity index (χ1v) is 7.81. The zero-order valence-corrected chi connectivity index (χ0v) is 13.6. The highest BCUT2D eigenvalue weighted by Gasteiger charge is 2.11. The smallest absolute Gasteiger partial charge is 0.344 e. The molecule has 0 amide bonds. The van der Waals surface area contributed by atoms with Crippen LogP contribution >= 0.6 is 11.6 Å². The first-order valence-electron chi connectivity index (χ1n) is 7.43. The zero-order chi connectivity index (χ0) is 15.9. The van der Waals surface area contributed by atoms with Crippen LogP contribution in [0.1, 0.15) is 26.7 Å². The molecule has 22 heavy (non-hydrogen) atoms. The molecule has 0 N–H and O–H groups in total. The van der Waals surface area contributed by atoms with Crippen molar-refractivity contribution in [1.29, 1.82) is 0 Å². The van der Waals surface area contributed by atoms with Crippen LogP contribution in [-0.4, -0.2) is 24.2 Å². The van der Waals surface area contributed by atoms with Gasteiger partial charge in [-0.2, -0.15) is 0 Å². The highest BCUT2D eigenvalue weighted by atomic mass is 35.5. The lowest BCUT2D eigenvalue weighted by atomic mass is 10.1. The Morgan fingerprint density at radius 1 is 1.36 bits per heavy atom. The van der Waals surface area contributed by atoms with Gasteiger partial charge in [0.1, 0.15) is 11.3 Å². The summed E-state index contributed by atoms with van der Waals surface area (Å²) in [7, 11) is 0. The van der Waals surface area contributed by atoms with Crippen molar-refractivity contribution < 1.29 is 14.3 Å². The molecule has 118 valence electrons. The van der Waals surface area contributed by atoms with Crippen LogP contribution in [0.3, 0.4) is 0 Å². The average Bonchev–Trinajstić information content (AvgIpc) is 2.53. The lowest BCUT2D eigenvalue weighted by molar-refractivity contribution is -0.147. The molecule has 0 saturated carbocycles. The standard InChI is InChI=1S/C17H20ClNO3/c1-3-5-12(2)10-22-16(20)11-21-15-8-7-14(18)13-6-4-9-19-17(13)15/h4,6-9,12H,3,5,10-11H2,1-2H3. The van der Waals surface area contributed by atoms with E-state index < -0.39 is 0 Å². The second-order valence-electron chi connectivity index (χ2n) is 5.31. The molecule has 0 aliphatic carbocycles. The lowest BCUT2D eigenvalue weighted by Gasteiger charge is -2.12. The summed E-state index contributed by atoms with van der Waals surface area (Å²) in [6, 6.07) is 7.11. The highest BCUT2D eigenvalue weighted by molar-refractivity contribution is 6.35. The maximum atomic E-state index is 11.7. The number of nitrogens with zero attached hydrogens (tertiary/aromatic N) is 1. The Morgan fingerprint density at radius 2 is 2.18 bits per heavy atom. The third-order valence-electron chi connectivity index (χ3n) is 3.34. The van der Waals surface area contributed by atoms with Crippen LogP contribution in [0, 0.1) is 5.92 Å². The fraction of sp³-hybridized carbons (Fsp3) is 0.412. The molecule has 1 aromatic carbocycles. The summed E-state index contributed by atoms with van der Waals surface area (Å²) in [5.41, 5.74) is 0.641. The molecule has 0 fully saturated rings. The molecule has 0 aliphatic heterocycles. The second kappa shape index (κ2) is 7.99. The molecule has 0 bridgehead atoms.